The average Bonchev–Trinajstić information content (AvgIpc) is 3.30. The number of terminal acetylenes is 2. The maximum Gasteiger partial charge on any atom is 0.177 e. The molecule has 3 aromatic rings. The molecule has 48 heavy (non-hydrogen) atoms. The van der Waals surface area contributed by atoms with Gasteiger partial charge in [0.15, 0.2) is 29.9 Å². The number of aromatic nitrogens is 1. The minimum absolute atomic E-state index is 0.0211. The maximum absolute atomic E-state index is 15.0. The molecule has 1 unspecified atom stereocenters. The first-order chi connectivity index (χ1) is 23.1. The summed E-state index contributed by atoms with van der Waals surface area (Å²) in [6, 6.07) is 3.31. The Bertz CT molecular complexity index is 1750. The van der Waals surface area contributed by atoms with Gasteiger partial charge in [-0.25, -0.2) is 17.6 Å². The Morgan fingerprint density at radius 3 is 2.42 bits per heavy atom. The smallest absolute Gasteiger partial charge is 0.177 e. The van der Waals surface area contributed by atoms with E-state index in [1.807, 2.05) is 4.57 Å². The molecule has 1 aliphatic carbocycles. The number of Topliss-reactive ketones (excluding diaryl/α,β-unsaturated/α-hetero) is 1. The molecule has 1 aliphatic heterocycles. The number of fused-ring (bicyclic) bond motifs is 3. The highest BCUT2D eigenvalue weighted by Gasteiger charge is 2.34. The van der Waals surface area contributed by atoms with Gasteiger partial charge in [-0.3, -0.25) is 9.59 Å². The molecule has 2 aromatic carbocycles. The fraction of sp³-hybridized carbons (Fsp3) is 0.368. The summed E-state index contributed by atoms with van der Waals surface area (Å²) in [6.45, 7) is 4.06. The van der Waals surface area contributed by atoms with Gasteiger partial charge in [-0.1, -0.05) is 33.1 Å². The monoisotopic (exact) mass is 663 g/mol. The van der Waals surface area contributed by atoms with Crippen molar-refractivity contribution in [2.75, 3.05) is 19.3 Å². The van der Waals surface area contributed by atoms with Crippen LogP contribution in [0.4, 0.5) is 23.2 Å². The molecule has 254 valence electrons. The molecule has 0 amide bonds. The Morgan fingerprint density at radius 2 is 1.77 bits per heavy atom. The number of halogens is 4. The van der Waals surface area contributed by atoms with Crippen LogP contribution in [0.15, 0.2) is 30.1 Å². The highest BCUT2D eigenvalue weighted by molar-refractivity contribution is 6.18. The number of ether oxygens (including phenoxy) is 1. The number of nitrogens with one attached hydrogen (secondary N) is 1. The molecule has 1 saturated heterocycles. The SMILES string of the molecule is C#C.C#C.CCCCC[C@@H]1C[C@H](C)C[C@H](n2c3c(c4c(C=O)c(C(=O)CNC)c(-c5cc(F)c(F)cc5N)cc42)C=C(F)C(F)C=C3)O1. The molecular weight excluding hydrogens is 622 g/mol. The van der Waals surface area contributed by atoms with Gasteiger partial charge in [0.25, 0.3) is 0 Å². The van der Waals surface area contributed by atoms with Crippen molar-refractivity contribution in [2.24, 2.45) is 5.92 Å². The number of ketones is 1. The van der Waals surface area contributed by atoms with Crippen LogP contribution in [0.3, 0.4) is 0 Å². The van der Waals surface area contributed by atoms with E-state index in [0.717, 1.165) is 56.4 Å². The van der Waals surface area contributed by atoms with E-state index in [1.54, 1.807) is 13.1 Å². The number of rotatable bonds is 10. The zero-order valence-corrected chi connectivity index (χ0v) is 27.4. The quantitative estimate of drug-likeness (QED) is 0.0568. The van der Waals surface area contributed by atoms with Crippen molar-refractivity contribution < 1.29 is 31.9 Å². The van der Waals surface area contributed by atoms with Crippen LogP contribution < -0.4 is 11.1 Å². The van der Waals surface area contributed by atoms with Crippen LogP contribution in [0, 0.1) is 43.2 Å². The summed E-state index contributed by atoms with van der Waals surface area (Å²) in [6.07, 6.45) is 22.9. The molecule has 2 heterocycles. The number of hydrogen-bond donors (Lipinski definition) is 2. The number of alkyl halides is 1. The van der Waals surface area contributed by atoms with Crippen LogP contribution in [0.1, 0.15) is 90.6 Å². The molecule has 1 aromatic heterocycles. The topological polar surface area (TPSA) is 86.4 Å². The van der Waals surface area contributed by atoms with Crippen molar-refractivity contribution in [3.63, 3.8) is 0 Å². The fourth-order valence-electron chi connectivity index (χ4n) is 6.53. The fourth-order valence-corrected chi connectivity index (χ4v) is 6.53. The van der Waals surface area contributed by atoms with Crippen LogP contribution in [0.2, 0.25) is 0 Å². The Balaban J connectivity index is 0.00000151. The number of nitrogens with zero attached hydrogens (tertiary/aromatic N) is 1. The largest absolute Gasteiger partial charge is 0.398 e. The number of likely N-dealkylation sites (N-methyl/N-ethyl adjacent to an activating group) is 1. The lowest BCUT2D eigenvalue weighted by Crippen LogP contribution is -2.30. The van der Waals surface area contributed by atoms with Crippen LogP contribution in [-0.2, 0) is 4.74 Å². The summed E-state index contributed by atoms with van der Waals surface area (Å²) in [7, 11) is 1.55. The predicted octanol–water partition coefficient (Wildman–Crippen LogP) is 8.45. The van der Waals surface area contributed by atoms with Crippen molar-refractivity contribution in [3.8, 4) is 36.8 Å². The summed E-state index contributed by atoms with van der Waals surface area (Å²) in [5.74, 6) is -3.66. The molecule has 0 bridgehead atoms. The van der Waals surface area contributed by atoms with Gasteiger partial charge in [-0.15, -0.1) is 25.7 Å². The van der Waals surface area contributed by atoms with Gasteiger partial charge in [-0.05, 0) is 68.2 Å². The summed E-state index contributed by atoms with van der Waals surface area (Å²) < 4.78 is 66.8. The Hall–Kier alpha value is -4.64. The van der Waals surface area contributed by atoms with Crippen molar-refractivity contribution in [2.45, 2.75) is 70.9 Å². The Labute approximate surface area is 279 Å². The second kappa shape index (κ2) is 17.0. The molecule has 0 spiro atoms. The molecule has 6 nitrogen and oxygen atoms in total. The number of carbonyl (C=O) groups excluding carboxylic acids is 2. The van der Waals surface area contributed by atoms with Gasteiger partial charge in [0.05, 0.1) is 23.9 Å². The lowest BCUT2D eigenvalue weighted by Gasteiger charge is -2.36. The zero-order chi connectivity index (χ0) is 35.7. The van der Waals surface area contributed by atoms with Crippen molar-refractivity contribution in [3.05, 3.63) is 64.1 Å². The second-order valence-corrected chi connectivity index (χ2v) is 11.8. The minimum Gasteiger partial charge on any atom is -0.398 e. The van der Waals surface area contributed by atoms with Crippen molar-refractivity contribution in [1.82, 2.24) is 9.88 Å². The van der Waals surface area contributed by atoms with Crippen molar-refractivity contribution >= 4 is 40.8 Å². The van der Waals surface area contributed by atoms with Gasteiger partial charge in [0.2, 0.25) is 0 Å². The van der Waals surface area contributed by atoms with E-state index in [4.69, 9.17) is 10.5 Å². The average molecular weight is 664 g/mol. The Kier molecular flexibility index (Phi) is 13.4. The van der Waals surface area contributed by atoms with Gasteiger partial charge in [0, 0.05) is 39.4 Å². The number of carbonyl (C=O) groups is 2. The normalized spacial score (nSPS) is 19.9. The highest BCUT2D eigenvalue weighted by Crippen LogP contribution is 2.45. The van der Waals surface area contributed by atoms with E-state index in [-0.39, 0.29) is 57.5 Å². The molecule has 10 heteroatoms. The summed E-state index contributed by atoms with van der Waals surface area (Å²) in [5.41, 5.74) is 7.02. The summed E-state index contributed by atoms with van der Waals surface area (Å²) in [5, 5.41) is 3.00. The first-order valence-electron chi connectivity index (χ1n) is 15.7. The second-order valence-electron chi connectivity index (χ2n) is 11.8. The number of benzene rings is 2. The van der Waals surface area contributed by atoms with Crippen LogP contribution in [-0.4, -0.2) is 42.5 Å². The third-order valence-electron chi connectivity index (χ3n) is 8.53. The molecule has 4 atom stereocenters. The number of aldehydes is 1. The van der Waals surface area contributed by atoms with Crippen molar-refractivity contribution in [1.29, 1.82) is 0 Å². The lowest BCUT2D eigenvalue weighted by molar-refractivity contribution is -0.107. The van der Waals surface area contributed by atoms with Crippen LogP contribution in [0.5, 0.6) is 0 Å². The van der Waals surface area contributed by atoms with Gasteiger partial charge >= 0.3 is 0 Å². The number of nitrogens with two attached hydrogens (primary N) is 1. The molecule has 0 saturated carbocycles. The molecule has 5 rings (SSSR count). The molecule has 1 fully saturated rings. The molecule has 2 aliphatic rings. The van der Waals surface area contributed by atoms with Gasteiger partial charge in [-0.2, -0.15) is 0 Å². The van der Waals surface area contributed by atoms with E-state index >= 15 is 4.39 Å². The third-order valence-corrected chi connectivity index (χ3v) is 8.53. The minimum atomic E-state index is -2.00. The van der Waals surface area contributed by atoms with Gasteiger partial charge < -0.3 is 20.4 Å². The Morgan fingerprint density at radius 1 is 1.08 bits per heavy atom. The zero-order valence-electron chi connectivity index (χ0n) is 27.4. The van der Waals surface area contributed by atoms with E-state index in [9.17, 15) is 22.8 Å². The van der Waals surface area contributed by atoms with Crippen LogP contribution in [0.25, 0.3) is 34.2 Å². The van der Waals surface area contributed by atoms with E-state index in [2.05, 4.69) is 44.9 Å². The number of hydrogen-bond acceptors (Lipinski definition) is 5. The predicted molar refractivity (Wildman–Crippen MR) is 185 cm³/mol. The number of unbranched alkanes of at least 4 members (excludes halogenated alkanes) is 2. The van der Waals surface area contributed by atoms with Crippen LogP contribution >= 0.6 is 0 Å². The first-order valence-corrected chi connectivity index (χ1v) is 15.7. The number of allylic oxidation sites excluding steroid dienone is 2. The summed E-state index contributed by atoms with van der Waals surface area (Å²) >= 11 is 0. The highest BCUT2D eigenvalue weighted by atomic mass is 19.2. The lowest BCUT2D eigenvalue weighted by atomic mass is 9.88. The standard InChI is InChI=1S/C34H37F4N3O3.2C2H2/c1-4-5-6-7-19-10-18(2)11-32(44-19)41-29-9-8-24(35)25(36)13-22(29)33-23(17-42)34(31(43)16-40-3)21(14-30(33)41)20-12-26(37)27(38)15-28(20)39;2*1-2/h8-9,12-15,17-19,24,32,40H,4-7,10-11,16,39H2,1-3H3;2*1-2H/t18-,19+,24?,32+;;/m0../s1. The maximum atomic E-state index is 15.0. The van der Waals surface area contributed by atoms with E-state index < -0.39 is 35.6 Å². The third kappa shape index (κ3) is 7.57. The van der Waals surface area contributed by atoms with E-state index in [0.29, 0.717) is 23.9 Å². The van der Waals surface area contributed by atoms with E-state index in [1.165, 1.54) is 6.08 Å². The number of anilines is 1. The van der Waals surface area contributed by atoms with Gasteiger partial charge in [0.1, 0.15) is 12.1 Å². The molecule has 0 radical (unpaired) electrons. The molecular formula is C38H41F4N3O3. The summed E-state index contributed by atoms with van der Waals surface area (Å²) in [4.78, 5) is 26.5. The first kappa shape index (κ1) is 37.8. The number of nitrogen functional groups attached to an aromatic ring is 1. The molecule has 3 N–H and O–H groups in total.